The average Bonchev–Trinajstić information content (AvgIpc) is 3.16. The molecule has 3 aromatic rings. The Morgan fingerprint density at radius 3 is 2.52 bits per heavy atom. The van der Waals surface area contributed by atoms with Gasteiger partial charge in [-0.05, 0) is 57.0 Å². The number of ether oxygens (including phenoxy) is 1. The summed E-state index contributed by atoms with van der Waals surface area (Å²) < 4.78 is 11.6. The van der Waals surface area contributed by atoms with E-state index in [9.17, 15) is 9.90 Å². The number of hydrogen-bond acceptors (Lipinski definition) is 6. The zero-order chi connectivity index (χ0) is 22.2. The molecule has 0 fully saturated rings. The van der Waals surface area contributed by atoms with Crippen molar-refractivity contribution in [1.82, 2.24) is 4.98 Å². The number of oxazole rings is 1. The molecule has 1 heterocycles. The first-order valence-corrected chi connectivity index (χ1v) is 10.1. The first-order chi connectivity index (χ1) is 15.0. The Bertz CT molecular complexity index is 1030. The maximum absolute atomic E-state index is 11.6. The largest absolute Gasteiger partial charge is 0.487 e. The Morgan fingerprint density at radius 1 is 1.16 bits per heavy atom. The van der Waals surface area contributed by atoms with Crippen molar-refractivity contribution in [3.8, 4) is 17.2 Å². The highest BCUT2D eigenvalue weighted by molar-refractivity contribution is 6.00. The summed E-state index contributed by atoms with van der Waals surface area (Å²) in [5.41, 5.74) is 2.95. The van der Waals surface area contributed by atoms with E-state index in [1.54, 1.807) is 13.8 Å². The quantitative estimate of drug-likeness (QED) is 0.369. The molecule has 0 saturated carbocycles. The molecule has 1 unspecified atom stereocenters. The van der Waals surface area contributed by atoms with Crippen molar-refractivity contribution in [2.45, 2.75) is 33.8 Å². The number of oxime groups is 1. The van der Waals surface area contributed by atoms with Gasteiger partial charge in [-0.15, -0.1) is 0 Å². The number of rotatable bonds is 10. The minimum atomic E-state index is -0.933. The lowest BCUT2D eigenvalue weighted by Crippen LogP contribution is -2.24. The second-order valence-corrected chi connectivity index (χ2v) is 7.07. The molecule has 162 valence electrons. The van der Waals surface area contributed by atoms with Crippen LogP contribution in [0, 0.1) is 12.8 Å². The molecule has 1 atom stereocenters. The second kappa shape index (κ2) is 10.4. The van der Waals surface area contributed by atoms with E-state index in [-0.39, 0.29) is 6.61 Å². The third-order valence-corrected chi connectivity index (χ3v) is 4.79. The fourth-order valence-electron chi connectivity index (χ4n) is 3.02. The van der Waals surface area contributed by atoms with E-state index < -0.39 is 11.9 Å². The van der Waals surface area contributed by atoms with Crippen molar-refractivity contribution in [2.75, 3.05) is 6.61 Å². The number of carbonyl (C=O) groups is 1. The Kier molecular flexibility index (Phi) is 7.43. The van der Waals surface area contributed by atoms with Gasteiger partial charge in [0.05, 0.1) is 5.71 Å². The van der Waals surface area contributed by atoms with Gasteiger partial charge in [0.15, 0.2) is 0 Å². The van der Waals surface area contributed by atoms with Crippen LogP contribution in [0.15, 0.2) is 64.2 Å². The van der Waals surface area contributed by atoms with Crippen molar-refractivity contribution >= 4 is 11.7 Å². The highest BCUT2D eigenvalue weighted by Crippen LogP contribution is 2.23. The molecule has 0 spiro atoms. The summed E-state index contributed by atoms with van der Waals surface area (Å²) in [5, 5.41) is 13.4. The van der Waals surface area contributed by atoms with E-state index >= 15 is 0 Å². The number of hydrogen-bond donors (Lipinski definition) is 1. The minimum absolute atomic E-state index is 0.277. The number of aryl methyl sites for hydroxylation is 1. The number of aliphatic carboxylic acids is 1. The van der Waals surface area contributed by atoms with Crippen molar-refractivity contribution in [1.29, 1.82) is 0 Å². The molecule has 2 aromatic carbocycles. The second-order valence-electron chi connectivity index (χ2n) is 7.07. The van der Waals surface area contributed by atoms with Crippen LogP contribution in [-0.4, -0.2) is 28.4 Å². The summed E-state index contributed by atoms with van der Waals surface area (Å²) >= 11 is 0. The van der Waals surface area contributed by atoms with Crippen molar-refractivity contribution in [3.63, 3.8) is 0 Å². The Labute approximate surface area is 181 Å². The molecule has 0 bridgehead atoms. The smallest absolute Gasteiger partial charge is 0.312 e. The van der Waals surface area contributed by atoms with E-state index in [0.717, 1.165) is 16.8 Å². The van der Waals surface area contributed by atoms with Gasteiger partial charge in [0, 0.05) is 5.56 Å². The fourth-order valence-corrected chi connectivity index (χ4v) is 3.02. The number of nitrogens with zero attached hydrogens (tertiary/aromatic N) is 2. The van der Waals surface area contributed by atoms with Crippen LogP contribution in [0.3, 0.4) is 0 Å². The molecule has 0 amide bonds. The highest BCUT2D eigenvalue weighted by atomic mass is 16.6. The molecule has 7 nitrogen and oxygen atoms in total. The minimum Gasteiger partial charge on any atom is -0.487 e. The van der Waals surface area contributed by atoms with Gasteiger partial charge in [-0.25, -0.2) is 4.98 Å². The standard InChI is InChI=1S/C24H26N2O5/c1-4-30-26-16(2)21(24(27)28)14-18-10-12-20(13-11-18)29-15-22-17(3)31-23(25-22)19-8-6-5-7-9-19/h5-13,21H,4,14-15H2,1-3H3,(H,27,28). The molecule has 7 heteroatoms. The molecule has 0 aliphatic rings. The van der Waals surface area contributed by atoms with Gasteiger partial charge in [0.2, 0.25) is 5.89 Å². The monoisotopic (exact) mass is 422 g/mol. The third kappa shape index (κ3) is 5.94. The zero-order valence-corrected chi connectivity index (χ0v) is 17.9. The van der Waals surface area contributed by atoms with Gasteiger partial charge in [-0.2, -0.15) is 0 Å². The fraction of sp³-hybridized carbons (Fsp3) is 0.292. The molecule has 0 aliphatic carbocycles. The summed E-state index contributed by atoms with van der Waals surface area (Å²) in [4.78, 5) is 21.1. The van der Waals surface area contributed by atoms with Gasteiger partial charge in [0.25, 0.3) is 0 Å². The van der Waals surface area contributed by atoms with Gasteiger partial charge in [-0.3, -0.25) is 4.79 Å². The summed E-state index contributed by atoms with van der Waals surface area (Å²) in [6, 6.07) is 17.0. The van der Waals surface area contributed by atoms with Crippen LogP contribution in [0.1, 0.15) is 30.9 Å². The van der Waals surface area contributed by atoms with Crippen LogP contribution < -0.4 is 4.74 Å². The zero-order valence-electron chi connectivity index (χ0n) is 17.9. The van der Waals surface area contributed by atoms with Gasteiger partial charge in [-0.1, -0.05) is 35.5 Å². The molecule has 3 rings (SSSR count). The van der Waals surface area contributed by atoms with Crippen LogP contribution in [0.25, 0.3) is 11.5 Å². The molecule has 1 N–H and O–H groups in total. The first-order valence-electron chi connectivity index (χ1n) is 10.1. The average molecular weight is 422 g/mol. The van der Waals surface area contributed by atoms with Crippen molar-refractivity contribution in [3.05, 3.63) is 71.6 Å². The Hall–Kier alpha value is -3.61. The SMILES string of the molecule is CCON=C(C)C(Cc1ccc(OCc2nc(-c3ccccc3)oc2C)cc1)C(=O)O. The molecular weight excluding hydrogens is 396 g/mol. The van der Waals surface area contributed by atoms with Crippen LogP contribution in [-0.2, 0) is 22.7 Å². The topological polar surface area (TPSA) is 94.2 Å². The van der Waals surface area contributed by atoms with E-state index in [2.05, 4.69) is 10.1 Å². The normalized spacial score (nSPS) is 12.4. The molecule has 31 heavy (non-hydrogen) atoms. The van der Waals surface area contributed by atoms with Gasteiger partial charge in [0.1, 0.15) is 36.3 Å². The molecule has 1 aromatic heterocycles. The third-order valence-electron chi connectivity index (χ3n) is 4.79. The molecule has 0 saturated heterocycles. The summed E-state index contributed by atoms with van der Waals surface area (Å²) in [5.74, 6) is 0.267. The van der Waals surface area contributed by atoms with Crippen LogP contribution in [0.2, 0.25) is 0 Å². The summed E-state index contributed by atoms with van der Waals surface area (Å²) in [6.07, 6.45) is 0.320. The van der Waals surface area contributed by atoms with E-state index in [1.165, 1.54) is 0 Å². The van der Waals surface area contributed by atoms with E-state index in [0.29, 0.717) is 36.1 Å². The van der Waals surface area contributed by atoms with Gasteiger partial charge >= 0.3 is 5.97 Å². The highest BCUT2D eigenvalue weighted by Gasteiger charge is 2.22. The lowest BCUT2D eigenvalue weighted by molar-refractivity contribution is -0.139. The lowest BCUT2D eigenvalue weighted by Gasteiger charge is -2.12. The van der Waals surface area contributed by atoms with E-state index in [1.807, 2.05) is 61.5 Å². The van der Waals surface area contributed by atoms with Crippen LogP contribution in [0.4, 0.5) is 0 Å². The molecule has 0 radical (unpaired) electrons. The number of aromatic nitrogens is 1. The van der Waals surface area contributed by atoms with Gasteiger partial charge < -0.3 is 19.1 Å². The predicted octanol–water partition coefficient (Wildman–Crippen LogP) is 4.88. The molecular formula is C24H26N2O5. The van der Waals surface area contributed by atoms with E-state index in [4.69, 9.17) is 14.0 Å². The summed E-state index contributed by atoms with van der Waals surface area (Å²) in [6.45, 7) is 6.00. The van der Waals surface area contributed by atoms with Crippen molar-refractivity contribution in [2.24, 2.45) is 11.1 Å². The predicted molar refractivity (Wildman–Crippen MR) is 117 cm³/mol. The number of carboxylic acids is 1. The Morgan fingerprint density at radius 2 is 1.87 bits per heavy atom. The summed E-state index contributed by atoms with van der Waals surface area (Å²) in [7, 11) is 0. The van der Waals surface area contributed by atoms with Crippen LogP contribution in [0.5, 0.6) is 5.75 Å². The van der Waals surface area contributed by atoms with Crippen molar-refractivity contribution < 1.29 is 23.9 Å². The molecule has 0 aliphatic heterocycles. The first kappa shape index (κ1) is 22.1. The number of benzene rings is 2. The maximum Gasteiger partial charge on any atom is 0.312 e. The number of carboxylic acid groups (broad SMARTS) is 1. The Balaban J connectivity index is 1.62. The lowest BCUT2D eigenvalue weighted by atomic mass is 9.95. The maximum atomic E-state index is 11.6. The van der Waals surface area contributed by atoms with Crippen LogP contribution >= 0.6 is 0 Å².